The number of ether oxygens (including phenoxy) is 2. The van der Waals surface area contributed by atoms with Gasteiger partial charge < -0.3 is 14.8 Å². The summed E-state index contributed by atoms with van der Waals surface area (Å²) in [6.07, 6.45) is 1.70. The molecule has 0 aliphatic carbocycles. The van der Waals surface area contributed by atoms with Gasteiger partial charge >= 0.3 is 0 Å². The molecule has 0 saturated carbocycles. The molecule has 7 heteroatoms. The van der Waals surface area contributed by atoms with Crippen LogP contribution in [0.1, 0.15) is 16.7 Å². The summed E-state index contributed by atoms with van der Waals surface area (Å²) in [6, 6.07) is 11.4. The minimum atomic E-state index is -0.306. The Balaban J connectivity index is 1.47. The fourth-order valence-corrected chi connectivity index (χ4v) is 3.65. The molecule has 1 fully saturated rings. The lowest BCUT2D eigenvalue weighted by atomic mass is 10.1. The number of anilines is 1. The molecule has 6 nitrogen and oxygen atoms in total. The number of fused-ring (bicyclic) bond motifs is 1. The van der Waals surface area contributed by atoms with E-state index in [0.717, 1.165) is 28.6 Å². The maximum atomic E-state index is 12.6. The summed E-state index contributed by atoms with van der Waals surface area (Å²) < 4.78 is 10.6. The maximum absolute atomic E-state index is 12.6. The number of carbonyl (C=O) groups excluding carboxylic acids is 2. The average molecular weight is 382 g/mol. The van der Waals surface area contributed by atoms with E-state index >= 15 is 0 Å². The number of thioether (sulfide) groups is 1. The van der Waals surface area contributed by atoms with Crippen molar-refractivity contribution in [2.45, 2.75) is 13.8 Å². The predicted molar refractivity (Wildman–Crippen MR) is 105 cm³/mol. The zero-order valence-electron chi connectivity index (χ0n) is 14.9. The number of carbonyl (C=O) groups is 2. The molecule has 1 saturated heterocycles. The van der Waals surface area contributed by atoms with E-state index in [1.165, 1.54) is 10.5 Å². The normalized spacial score (nSPS) is 17.1. The molecule has 1 N–H and O–H groups in total. The first kappa shape index (κ1) is 17.5. The van der Waals surface area contributed by atoms with Gasteiger partial charge in [-0.3, -0.25) is 14.5 Å². The Morgan fingerprint density at radius 1 is 1.07 bits per heavy atom. The molecule has 0 spiro atoms. The lowest BCUT2D eigenvalue weighted by Gasteiger charge is -2.15. The molecule has 4 rings (SSSR count). The van der Waals surface area contributed by atoms with Crippen molar-refractivity contribution in [2.24, 2.45) is 0 Å². The predicted octanol–water partition coefficient (Wildman–Crippen LogP) is 4.14. The third-order valence-corrected chi connectivity index (χ3v) is 5.42. The van der Waals surface area contributed by atoms with Crippen molar-refractivity contribution in [1.82, 2.24) is 4.90 Å². The van der Waals surface area contributed by atoms with Gasteiger partial charge in [0.2, 0.25) is 6.79 Å². The topological polar surface area (TPSA) is 67.9 Å². The fourth-order valence-electron chi connectivity index (χ4n) is 2.81. The van der Waals surface area contributed by atoms with Crippen LogP contribution in [-0.4, -0.2) is 29.5 Å². The molecular weight excluding hydrogens is 364 g/mol. The van der Waals surface area contributed by atoms with Gasteiger partial charge in [-0.25, -0.2) is 0 Å². The average Bonchev–Trinajstić information content (AvgIpc) is 3.21. The molecule has 0 unspecified atom stereocenters. The van der Waals surface area contributed by atoms with Crippen LogP contribution in [0.25, 0.3) is 6.08 Å². The third-order valence-electron chi connectivity index (χ3n) is 4.52. The first-order chi connectivity index (χ1) is 13.0. The summed E-state index contributed by atoms with van der Waals surface area (Å²) in [6.45, 7) is 4.39. The summed E-state index contributed by atoms with van der Waals surface area (Å²) in [4.78, 5) is 26.5. The van der Waals surface area contributed by atoms with Crippen LogP contribution in [0, 0.1) is 13.8 Å². The van der Waals surface area contributed by atoms with Crippen molar-refractivity contribution in [3.63, 3.8) is 0 Å². The Labute approximate surface area is 161 Å². The Kier molecular flexibility index (Phi) is 4.53. The Morgan fingerprint density at radius 3 is 2.70 bits per heavy atom. The maximum Gasteiger partial charge on any atom is 0.295 e. The molecule has 2 aliphatic heterocycles. The quantitative estimate of drug-likeness (QED) is 0.802. The largest absolute Gasteiger partial charge is 0.454 e. The van der Waals surface area contributed by atoms with Gasteiger partial charge in [-0.15, -0.1) is 0 Å². The van der Waals surface area contributed by atoms with E-state index in [2.05, 4.69) is 5.32 Å². The number of nitrogens with zero attached hydrogens (tertiary/aromatic N) is 1. The fraction of sp³-hybridized carbons (Fsp3) is 0.200. The first-order valence-corrected chi connectivity index (χ1v) is 9.29. The van der Waals surface area contributed by atoms with Crippen molar-refractivity contribution in [2.75, 3.05) is 18.8 Å². The minimum absolute atomic E-state index is 0.131. The summed E-state index contributed by atoms with van der Waals surface area (Å²) in [5, 5.41) is 2.85. The van der Waals surface area contributed by atoms with Crippen molar-refractivity contribution in [1.29, 1.82) is 0 Å². The number of imide groups is 1. The van der Waals surface area contributed by atoms with Crippen LogP contribution in [0.2, 0.25) is 0 Å². The van der Waals surface area contributed by atoms with Crippen molar-refractivity contribution in [3.8, 4) is 11.5 Å². The molecule has 0 aromatic heterocycles. The Bertz CT molecular complexity index is 970. The number of nitrogens with one attached hydrogen (secondary N) is 1. The molecule has 27 heavy (non-hydrogen) atoms. The molecule has 0 radical (unpaired) electrons. The van der Waals surface area contributed by atoms with Gasteiger partial charge in [0.25, 0.3) is 11.1 Å². The molecule has 138 valence electrons. The number of aryl methyl sites for hydroxylation is 2. The van der Waals surface area contributed by atoms with E-state index in [-0.39, 0.29) is 24.6 Å². The van der Waals surface area contributed by atoms with Gasteiger partial charge in [0.15, 0.2) is 11.5 Å². The molecule has 2 amide bonds. The zero-order chi connectivity index (χ0) is 19.0. The van der Waals surface area contributed by atoms with E-state index in [4.69, 9.17) is 9.47 Å². The number of rotatable bonds is 4. The van der Waals surface area contributed by atoms with Crippen molar-refractivity contribution < 1.29 is 19.1 Å². The second-order valence-electron chi connectivity index (χ2n) is 6.36. The van der Waals surface area contributed by atoms with Crippen LogP contribution in [0.5, 0.6) is 11.5 Å². The van der Waals surface area contributed by atoms with E-state index in [1.807, 2.05) is 38.1 Å². The minimum Gasteiger partial charge on any atom is -0.454 e. The van der Waals surface area contributed by atoms with Gasteiger partial charge in [-0.1, -0.05) is 12.1 Å². The molecule has 2 aromatic carbocycles. The third kappa shape index (κ3) is 3.50. The molecule has 2 heterocycles. The SMILES string of the molecule is Cc1ccc(NCN2C(=O)S/C(=C/c3ccc4c(c3)OCO4)C2=O)cc1C. The van der Waals surface area contributed by atoms with Crippen LogP contribution in [0.15, 0.2) is 41.3 Å². The number of amides is 2. The Morgan fingerprint density at radius 2 is 1.89 bits per heavy atom. The number of benzene rings is 2. The molecule has 0 atom stereocenters. The lowest BCUT2D eigenvalue weighted by molar-refractivity contribution is -0.122. The first-order valence-electron chi connectivity index (χ1n) is 8.47. The van der Waals surface area contributed by atoms with Gasteiger partial charge in [0.05, 0.1) is 11.6 Å². The molecule has 2 aromatic rings. The monoisotopic (exact) mass is 382 g/mol. The van der Waals surface area contributed by atoms with Crippen LogP contribution >= 0.6 is 11.8 Å². The molecular formula is C20H18N2O4S. The van der Waals surface area contributed by atoms with Crippen LogP contribution in [0.4, 0.5) is 10.5 Å². The van der Waals surface area contributed by atoms with E-state index in [1.54, 1.807) is 18.2 Å². The summed E-state index contributed by atoms with van der Waals surface area (Å²) >= 11 is 0.937. The van der Waals surface area contributed by atoms with Gasteiger partial charge in [0, 0.05) is 5.69 Å². The standard InChI is InChI=1S/C20H18N2O4S/c1-12-3-5-15(7-13(12)2)21-10-22-19(23)18(27-20(22)24)9-14-4-6-16-17(8-14)26-11-25-16/h3-9,21H,10-11H2,1-2H3/b18-9+. The van der Waals surface area contributed by atoms with Gasteiger partial charge in [-0.2, -0.15) is 0 Å². The highest BCUT2D eigenvalue weighted by atomic mass is 32.2. The number of hydrogen-bond donors (Lipinski definition) is 1. The second-order valence-corrected chi connectivity index (χ2v) is 7.35. The summed E-state index contributed by atoms with van der Waals surface area (Å²) in [7, 11) is 0. The molecule has 2 aliphatic rings. The lowest BCUT2D eigenvalue weighted by Crippen LogP contribution is -2.33. The van der Waals surface area contributed by atoms with Crippen molar-refractivity contribution in [3.05, 3.63) is 58.0 Å². The number of hydrogen-bond acceptors (Lipinski definition) is 6. The Hall–Kier alpha value is -2.93. The second kappa shape index (κ2) is 7.00. The van der Waals surface area contributed by atoms with Crippen LogP contribution in [-0.2, 0) is 4.79 Å². The highest BCUT2D eigenvalue weighted by Gasteiger charge is 2.34. The van der Waals surface area contributed by atoms with E-state index in [0.29, 0.717) is 16.4 Å². The van der Waals surface area contributed by atoms with Crippen LogP contribution < -0.4 is 14.8 Å². The van der Waals surface area contributed by atoms with Gasteiger partial charge in [-0.05, 0) is 72.6 Å². The summed E-state index contributed by atoms with van der Waals surface area (Å²) in [5.74, 6) is 1.01. The summed E-state index contributed by atoms with van der Waals surface area (Å²) in [5.41, 5.74) is 4.00. The zero-order valence-corrected chi connectivity index (χ0v) is 15.8. The highest BCUT2D eigenvalue weighted by Crippen LogP contribution is 2.36. The highest BCUT2D eigenvalue weighted by molar-refractivity contribution is 8.18. The van der Waals surface area contributed by atoms with E-state index < -0.39 is 0 Å². The van der Waals surface area contributed by atoms with Crippen molar-refractivity contribution >= 4 is 34.7 Å². The van der Waals surface area contributed by atoms with Gasteiger partial charge in [0.1, 0.15) is 0 Å². The smallest absolute Gasteiger partial charge is 0.295 e. The molecule has 0 bridgehead atoms. The van der Waals surface area contributed by atoms with Crippen LogP contribution in [0.3, 0.4) is 0 Å². The van der Waals surface area contributed by atoms with E-state index in [9.17, 15) is 9.59 Å².